The lowest BCUT2D eigenvalue weighted by Gasteiger charge is -2.33. The number of aromatic nitrogens is 2. The Morgan fingerprint density at radius 1 is 1.32 bits per heavy atom. The van der Waals surface area contributed by atoms with Gasteiger partial charge in [-0.05, 0) is 58.1 Å². The molecule has 1 aromatic carbocycles. The summed E-state index contributed by atoms with van der Waals surface area (Å²) in [5, 5.41) is 9.18. The van der Waals surface area contributed by atoms with Gasteiger partial charge in [0.15, 0.2) is 0 Å². The number of nitriles is 1. The molecule has 3 fully saturated rings. The van der Waals surface area contributed by atoms with E-state index in [9.17, 15) is 9.59 Å². The highest BCUT2D eigenvalue weighted by Crippen LogP contribution is 2.51. The summed E-state index contributed by atoms with van der Waals surface area (Å²) in [6, 6.07) is 3.61. The van der Waals surface area contributed by atoms with Gasteiger partial charge in [0.1, 0.15) is 5.82 Å². The van der Waals surface area contributed by atoms with Crippen LogP contribution in [0, 0.1) is 30.0 Å². The summed E-state index contributed by atoms with van der Waals surface area (Å²) >= 11 is 0. The van der Waals surface area contributed by atoms with Gasteiger partial charge in [-0.1, -0.05) is 0 Å². The Morgan fingerprint density at radius 3 is 2.71 bits per heavy atom. The van der Waals surface area contributed by atoms with Crippen molar-refractivity contribution in [1.29, 1.82) is 5.26 Å². The SMILES string of the molecule is Cc1c(N2CCC(C3(N(C)CCC#N)CC3)C2)c(F)cc2c(=O)[nH]c(=O)n(C3CC3)c12. The van der Waals surface area contributed by atoms with Gasteiger partial charge in [0.2, 0.25) is 0 Å². The van der Waals surface area contributed by atoms with Crippen molar-refractivity contribution < 1.29 is 4.39 Å². The molecule has 1 unspecified atom stereocenters. The number of anilines is 1. The van der Waals surface area contributed by atoms with Crippen molar-refractivity contribution in [3.05, 3.63) is 38.3 Å². The van der Waals surface area contributed by atoms with E-state index < -0.39 is 17.1 Å². The third-order valence-electron chi connectivity index (χ3n) is 7.65. The number of hydrogen-bond donors (Lipinski definition) is 1. The van der Waals surface area contributed by atoms with Crippen molar-refractivity contribution in [2.45, 2.75) is 57.0 Å². The molecule has 2 saturated carbocycles. The van der Waals surface area contributed by atoms with Gasteiger partial charge in [-0.3, -0.25) is 19.2 Å². The normalized spacial score (nSPS) is 22.3. The summed E-state index contributed by atoms with van der Waals surface area (Å²) in [7, 11) is 2.09. The smallest absolute Gasteiger partial charge is 0.329 e. The number of H-pyrrole nitrogens is 1. The predicted octanol–water partition coefficient (Wildman–Crippen LogP) is 2.68. The Morgan fingerprint density at radius 2 is 2.06 bits per heavy atom. The molecule has 3 aliphatic rings. The van der Waals surface area contributed by atoms with Crippen molar-refractivity contribution in [1.82, 2.24) is 14.5 Å². The number of nitrogens with one attached hydrogen (secondary N) is 1. The number of rotatable bonds is 6. The van der Waals surface area contributed by atoms with Gasteiger partial charge >= 0.3 is 5.69 Å². The van der Waals surface area contributed by atoms with Crippen molar-refractivity contribution in [2.24, 2.45) is 5.92 Å². The minimum absolute atomic E-state index is 0.0821. The summed E-state index contributed by atoms with van der Waals surface area (Å²) in [5.41, 5.74) is 0.943. The molecule has 31 heavy (non-hydrogen) atoms. The number of fused-ring (bicyclic) bond motifs is 1. The largest absolute Gasteiger partial charge is 0.369 e. The summed E-state index contributed by atoms with van der Waals surface area (Å²) in [4.78, 5) is 31.7. The van der Waals surface area contributed by atoms with Crippen LogP contribution in [-0.2, 0) is 0 Å². The fourth-order valence-corrected chi connectivity index (χ4v) is 5.71. The average molecular weight is 426 g/mol. The van der Waals surface area contributed by atoms with Crippen LogP contribution in [0.15, 0.2) is 15.7 Å². The Bertz CT molecular complexity index is 1200. The van der Waals surface area contributed by atoms with Crippen LogP contribution in [0.1, 0.15) is 50.1 Å². The Balaban J connectivity index is 1.52. The van der Waals surface area contributed by atoms with E-state index in [1.165, 1.54) is 6.07 Å². The molecule has 2 aromatic rings. The molecule has 1 N–H and O–H groups in total. The summed E-state index contributed by atoms with van der Waals surface area (Å²) in [5.74, 6) is 0.00955. The number of aryl methyl sites for hydroxylation is 1. The molecule has 0 spiro atoms. The second-order valence-corrected chi connectivity index (χ2v) is 9.45. The molecule has 2 heterocycles. The van der Waals surface area contributed by atoms with Crippen LogP contribution in [0.5, 0.6) is 0 Å². The van der Waals surface area contributed by atoms with E-state index in [1.807, 2.05) is 6.92 Å². The molecular formula is C23H28FN5O2. The average Bonchev–Trinajstić information content (AvgIpc) is 3.66. The number of hydrogen-bond acceptors (Lipinski definition) is 5. The highest BCUT2D eigenvalue weighted by molar-refractivity contribution is 5.87. The number of benzene rings is 1. The van der Waals surface area contributed by atoms with E-state index in [4.69, 9.17) is 5.26 Å². The van der Waals surface area contributed by atoms with Gasteiger partial charge in [-0.25, -0.2) is 9.18 Å². The molecule has 8 heteroatoms. The second kappa shape index (κ2) is 7.20. The Hall–Kier alpha value is -2.66. The summed E-state index contributed by atoms with van der Waals surface area (Å²) in [6.45, 7) is 4.08. The quantitative estimate of drug-likeness (QED) is 0.769. The molecule has 1 atom stereocenters. The maximum Gasteiger partial charge on any atom is 0.329 e. The highest BCUT2D eigenvalue weighted by Gasteiger charge is 2.53. The van der Waals surface area contributed by atoms with Gasteiger partial charge in [-0.2, -0.15) is 5.26 Å². The molecule has 1 aromatic heterocycles. The topological polar surface area (TPSA) is 85.1 Å². The zero-order valence-electron chi connectivity index (χ0n) is 18.1. The maximum absolute atomic E-state index is 15.3. The molecule has 5 rings (SSSR count). The van der Waals surface area contributed by atoms with Gasteiger partial charge in [0.25, 0.3) is 5.56 Å². The third-order valence-corrected chi connectivity index (χ3v) is 7.65. The first-order valence-electron chi connectivity index (χ1n) is 11.2. The van der Waals surface area contributed by atoms with Crippen LogP contribution < -0.4 is 16.1 Å². The lowest BCUT2D eigenvalue weighted by atomic mass is 9.94. The number of nitrogens with zero attached hydrogens (tertiary/aromatic N) is 4. The molecule has 0 radical (unpaired) electrons. The Labute approximate surface area is 180 Å². The van der Waals surface area contributed by atoms with Crippen molar-refractivity contribution >= 4 is 16.6 Å². The van der Waals surface area contributed by atoms with E-state index in [0.29, 0.717) is 29.1 Å². The Kier molecular flexibility index (Phi) is 4.70. The zero-order chi connectivity index (χ0) is 21.9. The minimum atomic E-state index is -0.527. The molecule has 1 aliphatic heterocycles. The molecule has 7 nitrogen and oxygen atoms in total. The second-order valence-electron chi connectivity index (χ2n) is 9.45. The van der Waals surface area contributed by atoms with Crippen LogP contribution in [0.4, 0.5) is 10.1 Å². The monoisotopic (exact) mass is 425 g/mol. The molecule has 0 bridgehead atoms. The lowest BCUT2D eigenvalue weighted by Crippen LogP contribution is -2.42. The third kappa shape index (κ3) is 3.18. The van der Waals surface area contributed by atoms with Crippen molar-refractivity contribution in [3.8, 4) is 6.07 Å². The first-order valence-corrected chi connectivity index (χ1v) is 11.2. The van der Waals surface area contributed by atoms with E-state index in [2.05, 4.69) is 27.9 Å². The first-order chi connectivity index (χ1) is 14.9. The standard InChI is InChI=1S/C23H28FN5O2/c1-14-19-17(21(30)26-22(31)29(19)16-4-5-16)12-18(24)20(14)28-11-6-15(13-28)23(7-8-23)27(2)10-3-9-25/h12,15-16H,3-8,10-11,13H2,1-2H3,(H,26,30,31). The van der Waals surface area contributed by atoms with E-state index in [-0.39, 0.29) is 17.0 Å². The van der Waals surface area contributed by atoms with E-state index in [0.717, 1.165) is 51.7 Å². The van der Waals surface area contributed by atoms with Gasteiger partial charge in [-0.15, -0.1) is 0 Å². The van der Waals surface area contributed by atoms with Crippen LogP contribution in [-0.4, -0.2) is 46.7 Å². The number of halogens is 1. The lowest BCUT2D eigenvalue weighted by molar-refractivity contribution is 0.164. The molecule has 2 aliphatic carbocycles. The van der Waals surface area contributed by atoms with Gasteiger partial charge in [0, 0.05) is 43.2 Å². The molecule has 1 saturated heterocycles. The van der Waals surface area contributed by atoms with Crippen LogP contribution >= 0.6 is 0 Å². The van der Waals surface area contributed by atoms with Crippen molar-refractivity contribution in [3.63, 3.8) is 0 Å². The molecular weight excluding hydrogens is 397 g/mol. The van der Waals surface area contributed by atoms with Crippen LogP contribution in [0.25, 0.3) is 10.9 Å². The van der Waals surface area contributed by atoms with E-state index in [1.54, 1.807) is 4.57 Å². The fourth-order valence-electron chi connectivity index (χ4n) is 5.71. The maximum atomic E-state index is 15.3. The van der Waals surface area contributed by atoms with Gasteiger partial charge in [0.05, 0.1) is 22.7 Å². The number of aromatic amines is 1. The highest BCUT2D eigenvalue weighted by atomic mass is 19.1. The van der Waals surface area contributed by atoms with Crippen molar-refractivity contribution in [2.75, 3.05) is 31.6 Å². The first kappa shape index (κ1) is 20.3. The fraction of sp³-hybridized carbons (Fsp3) is 0.609. The van der Waals surface area contributed by atoms with Gasteiger partial charge < -0.3 is 4.90 Å². The molecule has 164 valence electrons. The summed E-state index contributed by atoms with van der Waals surface area (Å²) < 4.78 is 17.0. The molecule has 0 amide bonds. The zero-order valence-corrected chi connectivity index (χ0v) is 18.1. The summed E-state index contributed by atoms with van der Waals surface area (Å²) in [6.07, 6.45) is 5.51. The predicted molar refractivity (Wildman–Crippen MR) is 117 cm³/mol. The van der Waals surface area contributed by atoms with Crippen LogP contribution in [0.3, 0.4) is 0 Å². The van der Waals surface area contributed by atoms with E-state index >= 15 is 4.39 Å². The minimum Gasteiger partial charge on any atom is -0.369 e. The van der Waals surface area contributed by atoms with Crippen LogP contribution in [0.2, 0.25) is 0 Å².